The average molecular weight is 477 g/mol. The van der Waals surface area contributed by atoms with Crippen LogP contribution in [0.25, 0.3) is 10.9 Å². The van der Waals surface area contributed by atoms with Crippen molar-refractivity contribution in [2.45, 2.75) is 25.4 Å². The highest BCUT2D eigenvalue weighted by Gasteiger charge is 2.29. The molecule has 1 N–H and O–H groups in total. The lowest BCUT2D eigenvalue weighted by molar-refractivity contribution is 0.0708. The second-order valence-electron chi connectivity index (χ2n) is 9.08. The third-order valence-electron chi connectivity index (χ3n) is 6.95. The molecule has 4 rings (SSSR count). The second-order valence-corrected chi connectivity index (χ2v) is 9.08. The number of halogens is 1. The molecule has 184 valence electrons. The summed E-state index contributed by atoms with van der Waals surface area (Å²) in [5.41, 5.74) is 2.37. The third-order valence-corrected chi connectivity index (χ3v) is 6.95. The Labute approximate surface area is 206 Å². The number of hydrogen-bond acceptors (Lipinski definition) is 5. The van der Waals surface area contributed by atoms with Crippen LogP contribution in [0.1, 0.15) is 36.6 Å². The first kappa shape index (κ1) is 25.0. The minimum absolute atomic E-state index is 0.111. The lowest BCUT2D eigenvalue weighted by Crippen LogP contribution is -2.42. The Morgan fingerprint density at radius 1 is 1.09 bits per heavy atom. The second kappa shape index (κ2) is 12.0. The van der Waals surface area contributed by atoms with Crippen LogP contribution < -0.4 is 9.47 Å². The van der Waals surface area contributed by atoms with Crippen molar-refractivity contribution < 1.29 is 19.0 Å². The van der Waals surface area contributed by atoms with Gasteiger partial charge in [0.1, 0.15) is 17.7 Å². The number of rotatable bonds is 8. The van der Waals surface area contributed by atoms with Crippen LogP contribution in [0.4, 0.5) is 4.39 Å². The molecule has 0 amide bonds. The summed E-state index contributed by atoms with van der Waals surface area (Å²) in [6, 6.07) is 15.0. The molecule has 3 aromatic rings. The van der Waals surface area contributed by atoms with Crippen molar-refractivity contribution in [2.24, 2.45) is 11.8 Å². The van der Waals surface area contributed by atoms with E-state index in [2.05, 4.69) is 21.7 Å². The van der Waals surface area contributed by atoms with Gasteiger partial charge in [-0.25, -0.2) is 4.39 Å². The van der Waals surface area contributed by atoms with Crippen molar-refractivity contribution in [1.29, 1.82) is 0 Å². The number of aromatic nitrogens is 1. The number of aliphatic hydroxyl groups is 1. The van der Waals surface area contributed by atoms with E-state index in [0.717, 1.165) is 48.1 Å². The van der Waals surface area contributed by atoms with Gasteiger partial charge < -0.3 is 14.6 Å². The van der Waals surface area contributed by atoms with Crippen molar-refractivity contribution in [3.05, 3.63) is 65.9 Å². The highest BCUT2D eigenvalue weighted by atomic mass is 19.1. The van der Waals surface area contributed by atoms with Crippen LogP contribution in [0.3, 0.4) is 0 Å². The Balaban J connectivity index is 1.32. The Hall–Kier alpha value is -3.14. The summed E-state index contributed by atoms with van der Waals surface area (Å²) in [4.78, 5) is 6.64. The van der Waals surface area contributed by atoms with Crippen LogP contribution in [0, 0.1) is 23.7 Å². The highest BCUT2D eigenvalue weighted by Crippen LogP contribution is 2.35. The number of hydrogen-bond donors (Lipinski definition) is 1. The van der Waals surface area contributed by atoms with Crippen LogP contribution >= 0.6 is 0 Å². The topological polar surface area (TPSA) is 54.8 Å². The van der Waals surface area contributed by atoms with E-state index in [9.17, 15) is 5.11 Å². The maximum absolute atomic E-state index is 15.4. The number of benzene rings is 2. The number of ether oxygens (including phenoxy) is 2. The molecule has 3 atom stereocenters. The molecule has 1 aliphatic heterocycles. The molecular weight excluding hydrogens is 443 g/mol. The fourth-order valence-corrected chi connectivity index (χ4v) is 4.88. The molecule has 0 saturated carbocycles. The first-order chi connectivity index (χ1) is 17.1. The van der Waals surface area contributed by atoms with Crippen molar-refractivity contribution in [1.82, 2.24) is 9.88 Å². The fraction of sp³-hybridized carbons (Fsp3) is 0.414. The third kappa shape index (κ3) is 6.30. The normalized spacial score (nSPS) is 19.1. The van der Waals surface area contributed by atoms with Gasteiger partial charge in [-0.1, -0.05) is 11.8 Å². The summed E-state index contributed by atoms with van der Waals surface area (Å²) in [6.07, 6.45) is 2.69. The number of alkyl halides is 1. The largest absolute Gasteiger partial charge is 0.497 e. The number of methoxy groups -OCH3 is 2. The zero-order valence-corrected chi connectivity index (χ0v) is 20.4. The van der Waals surface area contributed by atoms with Crippen molar-refractivity contribution in [3.8, 4) is 23.3 Å². The number of fused-ring (bicyclic) bond motifs is 1. The molecule has 0 spiro atoms. The minimum atomic E-state index is -1.08. The first-order valence-electron chi connectivity index (χ1n) is 12.1. The fourth-order valence-electron chi connectivity index (χ4n) is 4.88. The maximum atomic E-state index is 15.4. The number of nitrogens with zero attached hydrogens (tertiary/aromatic N) is 2. The van der Waals surface area contributed by atoms with Crippen LogP contribution in [-0.2, 0) is 0 Å². The van der Waals surface area contributed by atoms with Gasteiger partial charge in [0.2, 0.25) is 0 Å². The van der Waals surface area contributed by atoms with Crippen LogP contribution in [0.5, 0.6) is 11.5 Å². The molecule has 35 heavy (non-hydrogen) atoms. The Morgan fingerprint density at radius 3 is 2.60 bits per heavy atom. The highest BCUT2D eigenvalue weighted by molar-refractivity contribution is 5.83. The average Bonchev–Trinajstić information content (AvgIpc) is 2.91. The van der Waals surface area contributed by atoms with Gasteiger partial charge in [-0.15, -0.1) is 0 Å². The summed E-state index contributed by atoms with van der Waals surface area (Å²) in [6.45, 7) is 2.46. The Kier molecular flexibility index (Phi) is 8.57. The van der Waals surface area contributed by atoms with Gasteiger partial charge in [0, 0.05) is 30.3 Å². The SMILES string of the molecule is COc1ccc(C#CCN2CC[C@@H](CC[C@H](F)c3ccnc4ccc(OC)cc34)[C@@H](CO)C2)cc1. The van der Waals surface area contributed by atoms with E-state index >= 15 is 4.39 Å². The number of piperidine rings is 1. The van der Waals surface area contributed by atoms with Gasteiger partial charge in [-0.2, -0.15) is 0 Å². The molecule has 0 radical (unpaired) electrons. The van der Waals surface area contributed by atoms with Gasteiger partial charge >= 0.3 is 0 Å². The zero-order valence-electron chi connectivity index (χ0n) is 20.4. The molecule has 5 nitrogen and oxygen atoms in total. The van der Waals surface area contributed by atoms with Crippen LogP contribution in [-0.4, -0.2) is 55.5 Å². The zero-order chi connectivity index (χ0) is 24.6. The van der Waals surface area contributed by atoms with Crippen molar-refractivity contribution in [2.75, 3.05) is 40.5 Å². The smallest absolute Gasteiger partial charge is 0.126 e. The summed E-state index contributed by atoms with van der Waals surface area (Å²) < 4.78 is 25.9. The number of aliphatic hydroxyl groups excluding tert-OH is 1. The standard InChI is InChI=1S/C29H33FN2O3/c1-34-24-8-5-21(6-9-24)4-3-16-32-17-14-22(23(19-32)20-33)7-11-28(30)26-13-15-31-29-12-10-25(35-2)18-27(26)29/h5-6,8-10,12-13,15,18,22-23,28,33H,7,11,14,16-17,19-20H2,1-2H3/t22-,23-,28+/m1/s1. The van der Waals surface area contributed by atoms with E-state index in [0.29, 0.717) is 30.2 Å². The van der Waals surface area contributed by atoms with Crippen LogP contribution in [0.2, 0.25) is 0 Å². The van der Waals surface area contributed by atoms with Gasteiger partial charge in [0.25, 0.3) is 0 Å². The van der Waals surface area contributed by atoms with E-state index in [4.69, 9.17) is 9.47 Å². The molecule has 1 fully saturated rings. The predicted molar refractivity (Wildman–Crippen MR) is 136 cm³/mol. The lowest BCUT2D eigenvalue weighted by atomic mass is 9.81. The number of likely N-dealkylation sites (tertiary alicyclic amines) is 1. The number of pyridine rings is 1. The van der Waals surface area contributed by atoms with Gasteiger partial charge in [0.05, 0.1) is 26.3 Å². The molecule has 0 aliphatic carbocycles. The van der Waals surface area contributed by atoms with Crippen molar-refractivity contribution >= 4 is 10.9 Å². The van der Waals surface area contributed by atoms with E-state index in [1.165, 1.54) is 0 Å². The monoisotopic (exact) mass is 476 g/mol. The molecule has 1 aromatic heterocycles. The van der Waals surface area contributed by atoms with Gasteiger partial charge in [-0.05, 0) is 91.7 Å². The summed E-state index contributed by atoms with van der Waals surface area (Å²) in [5, 5.41) is 10.8. The van der Waals surface area contributed by atoms with Gasteiger partial charge in [0.15, 0.2) is 0 Å². The predicted octanol–water partition coefficient (Wildman–Crippen LogP) is 5.02. The molecule has 6 heteroatoms. The molecular formula is C29H33FN2O3. The molecule has 0 unspecified atom stereocenters. The summed E-state index contributed by atoms with van der Waals surface area (Å²) in [5.74, 6) is 8.38. The molecule has 0 bridgehead atoms. The van der Waals surface area contributed by atoms with E-state index in [1.54, 1.807) is 26.5 Å². The Bertz CT molecular complexity index is 1170. The molecule has 1 saturated heterocycles. The van der Waals surface area contributed by atoms with E-state index < -0.39 is 6.17 Å². The van der Waals surface area contributed by atoms with Crippen molar-refractivity contribution in [3.63, 3.8) is 0 Å². The minimum Gasteiger partial charge on any atom is -0.497 e. The molecule has 2 aromatic carbocycles. The quantitative estimate of drug-likeness (QED) is 0.463. The summed E-state index contributed by atoms with van der Waals surface area (Å²) >= 11 is 0. The van der Waals surface area contributed by atoms with E-state index in [1.807, 2.05) is 42.5 Å². The molecule has 2 heterocycles. The summed E-state index contributed by atoms with van der Waals surface area (Å²) in [7, 11) is 3.25. The van der Waals surface area contributed by atoms with Gasteiger partial charge in [-0.3, -0.25) is 9.88 Å². The van der Waals surface area contributed by atoms with E-state index in [-0.39, 0.29) is 12.5 Å². The Morgan fingerprint density at radius 2 is 1.86 bits per heavy atom. The van der Waals surface area contributed by atoms with Crippen LogP contribution in [0.15, 0.2) is 54.7 Å². The first-order valence-corrected chi connectivity index (χ1v) is 12.1. The molecule has 1 aliphatic rings. The lowest BCUT2D eigenvalue weighted by Gasteiger charge is -2.37. The maximum Gasteiger partial charge on any atom is 0.126 e.